The van der Waals surface area contributed by atoms with Gasteiger partial charge in [0, 0.05) is 17.0 Å². The van der Waals surface area contributed by atoms with Crippen molar-refractivity contribution in [3.8, 4) is 11.8 Å². The van der Waals surface area contributed by atoms with Gasteiger partial charge in [-0.1, -0.05) is 12.1 Å². The number of hydrogen-bond acceptors (Lipinski definition) is 6. The molecule has 3 fully saturated rings. The van der Waals surface area contributed by atoms with Gasteiger partial charge in [0.15, 0.2) is 11.7 Å². The lowest BCUT2D eigenvalue weighted by Crippen LogP contribution is -2.76. The first-order valence-electron chi connectivity index (χ1n) is 10.7. The Hall–Kier alpha value is -3.66. The third kappa shape index (κ3) is 3.42. The van der Waals surface area contributed by atoms with Gasteiger partial charge >= 0.3 is 6.11 Å². The van der Waals surface area contributed by atoms with Crippen LogP contribution < -0.4 is 4.74 Å². The highest BCUT2D eigenvalue weighted by Crippen LogP contribution is 2.80. The fourth-order valence-electron chi connectivity index (χ4n) is 5.58. The second-order valence-corrected chi connectivity index (χ2v) is 9.41. The Morgan fingerprint density at radius 3 is 2.28 bits per heavy atom. The normalized spacial score (nSPS) is 24.7. The van der Waals surface area contributed by atoms with Crippen LogP contribution in [-0.2, 0) is 17.6 Å². The van der Waals surface area contributed by atoms with Crippen molar-refractivity contribution in [1.29, 1.82) is 5.26 Å². The predicted octanol–water partition coefficient (Wildman–Crippen LogP) is 4.09. The van der Waals surface area contributed by atoms with Gasteiger partial charge in [-0.25, -0.2) is 22.2 Å². The summed E-state index contributed by atoms with van der Waals surface area (Å²) in [7, 11) is 0. The van der Waals surface area contributed by atoms with Crippen molar-refractivity contribution >= 4 is 0 Å². The van der Waals surface area contributed by atoms with E-state index in [0.717, 1.165) is 23.1 Å². The van der Waals surface area contributed by atoms with E-state index in [4.69, 9.17) is 5.26 Å². The van der Waals surface area contributed by atoms with E-state index >= 15 is 8.78 Å². The van der Waals surface area contributed by atoms with E-state index in [1.807, 2.05) is 0 Å². The molecule has 3 saturated carbocycles. The Kier molecular flexibility index (Phi) is 5.12. The van der Waals surface area contributed by atoms with Crippen molar-refractivity contribution in [2.45, 2.75) is 48.9 Å². The van der Waals surface area contributed by atoms with Crippen LogP contribution in [0.3, 0.4) is 0 Å². The Labute approximate surface area is 199 Å². The molecule has 36 heavy (non-hydrogen) atoms. The second-order valence-electron chi connectivity index (χ2n) is 9.41. The molecule has 0 amide bonds. The molecule has 2 bridgehead atoms. The van der Waals surface area contributed by atoms with Gasteiger partial charge in [-0.05, 0) is 64.9 Å². The number of hydrogen-bond donors (Lipinski definition) is 1. The molecular weight excluding hydrogens is 492 g/mol. The maximum Gasteiger partial charge on any atom is 0.494 e. The minimum Gasteiger partial charge on any atom is -0.421 e. The summed E-state index contributed by atoms with van der Waals surface area (Å²) >= 11 is 0. The quantitative estimate of drug-likeness (QED) is 0.460. The van der Waals surface area contributed by atoms with Gasteiger partial charge in [-0.3, -0.25) is 0 Å². The SMILES string of the molecule is N#CC(F)(F)Oc1ccc(C23CC(C(F)(F)[C@@](O)(Cn4cnnn4)c4ccc(F)cc4F)(C2)C3)cc1. The molecule has 0 saturated heterocycles. The average molecular weight is 509 g/mol. The van der Waals surface area contributed by atoms with Crippen LogP contribution in [-0.4, -0.2) is 37.3 Å². The molecule has 1 aromatic heterocycles. The van der Waals surface area contributed by atoms with Gasteiger partial charge in [0.2, 0.25) is 0 Å². The summed E-state index contributed by atoms with van der Waals surface area (Å²) in [6.45, 7) is -0.885. The molecule has 3 aromatic rings. The van der Waals surface area contributed by atoms with Gasteiger partial charge in [-0.15, -0.1) is 13.9 Å². The summed E-state index contributed by atoms with van der Waals surface area (Å²) in [5, 5.41) is 30.0. The van der Waals surface area contributed by atoms with Gasteiger partial charge in [0.25, 0.3) is 5.92 Å². The van der Waals surface area contributed by atoms with Crippen LogP contribution in [0.25, 0.3) is 0 Å². The molecule has 3 aliphatic carbocycles. The molecule has 2 aromatic carbocycles. The number of halogens is 6. The number of nitrogens with zero attached hydrogens (tertiary/aromatic N) is 5. The van der Waals surface area contributed by atoms with Gasteiger partial charge in [-0.2, -0.15) is 5.26 Å². The fourth-order valence-corrected chi connectivity index (χ4v) is 5.58. The molecule has 13 heteroatoms. The molecule has 1 heterocycles. The molecule has 0 unspecified atom stereocenters. The molecule has 6 rings (SSSR count). The Balaban J connectivity index is 1.42. The van der Waals surface area contributed by atoms with E-state index in [2.05, 4.69) is 20.3 Å². The Bertz CT molecular complexity index is 1320. The third-order valence-electron chi connectivity index (χ3n) is 7.22. The summed E-state index contributed by atoms with van der Waals surface area (Å²) in [6, 6.07) is 8.03. The highest BCUT2D eigenvalue weighted by atomic mass is 19.3. The summed E-state index contributed by atoms with van der Waals surface area (Å²) in [5.74, 6) is -6.48. The van der Waals surface area contributed by atoms with Crippen LogP contribution >= 0.6 is 0 Å². The topological polar surface area (TPSA) is 96.8 Å². The first-order chi connectivity index (χ1) is 16.9. The van der Waals surface area contributed by atoms with Crippen molar-refractivity contribution in [3.05, 3.63) is 71.6 Å². The number of ether oxygens (including phenoxy) is 1. The number of tetrazole rings is 1. The number of alkyl halides is 4. The van der Waals surface area contributed by atoms with Crippen molar-refractivity contribution in [3.63, 3.8) is 0 Å². The third-order valence-corrected chi connectivity index (χ3v) is 7.22. The van der Waals surface area contributed by atoms with Crippen LogP contribution in [0, 0.1) is 28.4 Å². The van der Waals surface area contributed by atoms with Crippen molar-refractivity contribution < 1.29 is 36.2 Å². The molecule has 1 atom stereocenters. The van der Waals surface area contributed by atoms with Crippen LogP contribution in [0.5, 0.6) is 5.75 Å². The van der Waals surface area contributed by atoms with E-state index in [1.54, 1.807) is 0 Å². The van der Waals surface area contributed by atoms with Gasteiger partial charge in [0.1, 0.15) is 23.7 Å². The monoisotopic (exact) mass is 509 g/mol. The van der Waals surface area contributed by atoms with Crippen molar-refractivity contribution in [1.82, 2.24) is 20.2 Å². The van der Waals surface area contributed by atoms with E-state index in [0.29, 0.717) is 17.7 Å². The Morgan fingerprint density at radius 1 is 1.06 bits per heavy atom. The zero-order valence-electron chi connectivity index (χ0n) is 18.3. The summed E-state index contributed by atoms with van der Waals surface area (Å²) < 4.78 is 91.8. The molecule has 7 nitrogen and oxygen atoms in total. The summed E-state index contributed by atoms with van der Waals surface area (Å²) in [6.07, 6.45) is -3.22. The maximum absolute atomic E-state index is 16.1. The maximum atomic E-state index is 16.1. The molecule has 0 radical (unpaired) electrons. The minimum absolute atomic E-state index is 0.0672. The molecule has 1 N–H and O–H groups in total. The zero-order valence-corrected chi connectivity index (χ0v) is 18.3. The lowest BCUT2D eigenvalue weighted by molar-refractivity contribution is -0.347. The van der Waals surface area contributed by atoms with Gasteiger partial charge < -0.3 is 9.84 Å². The predicted molar refractivity (Wildman–Crippen MR) is 109 cm³/mol. The molecule has 0 aliphatic heterocycles. The first kappa shape index (κ1) is 24.1. The van der Waals surface area contributed by atoms with Crippen molar-refractivity contribution in [2.24, 2.45) is 5.41 Å². The largest absolute Gasteiger partial charge is 0.494 e. The van der Waals surface area contributed by atoms with E-state index in [-0.39, 0.29) is 25.0 Å². The molecular formula is C23H17F6N5O2. The number of nitriles is 1. The van der Waals surface area contributed by atoms with Crippen LogP contribution in [0.4, 0.5) is 26.3 Å². The van der Waals surface area contributed by atoms with Crippen LogP contribution in [0.2, 0.25) is 0 Å². The highest BCUT2D eigenvalue weighted by molar-refractivity contribution is 5.44. The fraction of sp³-hybridized carbons (Fsp3) is 0.391. The lowest BCUT2D eigenvalue weighted by Gasteiger charge is -2.74. The summed E-state index contributed by atoms with van der Waals surface area (Å²) in [5.41, 5.74) is -5.67. The second kappa shape index (κ2) is 7.67. The molecule has 3 aliphatic rings. The smallest absolute Gasteiger partial charge is 0.421 e. The molecule has 0 spiro atoms. The molecule has 188 valence electrons. The number of aromatic nitrogens is 4. The first-order valence-corrected chi connectivity index (χ1v) is 10.7. The Morgan fingerprint density at radius 2 is 1.72 bits per heavy atom. The number of rotatable bonds is 8. The standard InChI is InChI=1S/C23H17F6N5O2/c24-15-3-6-17(18(25)7-15)21(35,12-34-13-31-32-33-34)23(28,29)20-8-19(9-20,10-20)14-1-4-16(5-2-14)36-22(26,27)11-30/h1-7,13,35H,8-10,12H2/t19?,20?,21-/m1/s1. The zero-order chi connectivity index (χ0) is 26.0. The summed E-state index contributed by atoms with van der Waals surface area (Å²) in [4.78, 5) is 0. The minimum atomic E-state index is -4.01. The van der Waals surface area contributed by atoms with E-state index in [1.165, 1.54) is 24.3 Å². The van der Waals surface area contributed by atoms with Crippen LogP contribution in [0.15, 0.2) is 48.8 Å². The number of benzene rings is 2. The van der Waals surface area contributed by atoms with Gasteiger partial charge in [0.05, 0.1) is 6.54 Å². The van der Waals surface area contributed by atoms with Crippen molar-refractivity contribution in [2.75, 3.05) is 0 Å². The van der Waals surface area contributed by atoms with Crippen LogP contribution in [0.1, 0.15) is 30.4 Å². The van der Waals surface area contributed by atoms with E-state index < -0.39 is 52.2 Å². The average Bonchev–Trinajstić information content (AvgIpc) is 3.25. The highest BCUT2D eigenvalue weighted by Gasteiger charge is 2.82. The number of aliphatic hydroxyl groups is 1. The van der Waals surface area contributed by atoms with E-state index in [9.17, 15) is 22.7 Å². The lowest BCUT2D eigenvalue weighted by atomic mass is 9.30.